The predicted octanol–water partition coefficient (Wildman–Crippen LogP) is 3.70. The number of alkyl halides is 4. The predicted molar refractivity (Wildman–Crippen MR) is 58.7 cm³/mol. The van der Waals surface area contributed by atoms with Gasteiger partial charge in [0.2, 0.25) is 0 Å². The molecule has 5 heteroatoms. The van der Waals surface area contributed by atoms with Gasteiger partial charge in [-0.2, -0.15) is 13.2 Å². The summed E-state index contributed by atoms with van der Waals surface area (Å²) < 4.78 is 37.3. The molecule has 0 aliphatic rings. The Labute approximate surface area is 93.9 Å². The van der Waals surface area contributed by atoms with Gasteiger partial charge in [-0.05, 0) is 17.7 Å². The van der Waals surface area contributed by atoms with Crippen LogP contribution in [0.25, 0.3) is 6.08 Å². The van der Waals surface area contributed by atoms with Gasteiger partial charge in [0.15, 0.2) is 0 Å². The molecule has 0 aromatic heterocycles. The van der Waals surface area contributed by atoms with Crippen molar-refractivity contribution in [3.63, 3.8) is 0 Å². The van der Waals surface area contributed by atoms with Crippen molar-refractivity contribution >= 4 is 27.7 Å². The third-order valence-corrected chi connectivity index (χ3v) is 2.16. The van der Waals surface area contributed by atoms with Crippen molar-refractivity contribution in [2.24, 2.45) is 0 Å². The molecular formula is C10H9BrF3N. The Bertz CT molecular complexity index is 371. The molecule has 0 bridgehead atoms. The average Bonchev–Trinajstić information content (AvgIpc) is 2.15. The van der Waals surface area contributed by atoms with Crippen molar-refractivity contribution < 1.29 is 13.2 Å². The van der Waals surface area contributed by atoms with Gasteiger partial charge in [0.25, 0.3) is 0 Å². The lowest BCUT2D eigenvalue weighted by atomic mass is 10.1. The van der Waals surface area contributed by atoms with Gasteiger partial charge in [-0.15, -0.1) is 0 Å². The number of nitrogens with two attached hydrogens (primary N) is 1. The molecular weight excluding hydrogens is 271 g/mol. The fraction of sp³-hybridized carbons (Fsp3) is 0.200. The lowest BCUT2D eigenvalue weighted by Gasteiger charge is -2.10. The number of benzene rings is 1. The maximum absolute atomic E-state index is 12.4. The molecule has 1 aromatic rings. The molecule has 0 radical (unpaired) electrons. The molecule has 0 amide bonds. The van der Waals surface area contributed by atoms with Crippen LogP contribution in [0.1, 0.15) is 11.1 Å². The second kappa shape index (κ2) is 4.70. The van der Waals surface area contributed by atoms with Gasteiger partial charge in [-0.3, -0.25) is 0 Å². The van der Waals surface area contributed by atoms with E-state index in [9.17, 15) is 13.2 Å². The van der Waals surface area contributed by atoms with Crippen LogP contribution in [0.15, 0.2) is 24.3 Å². The molecule has 0 aliphatic heterocycles. The first-order chi connectivity index (χ1) is 6.95. The SMILES string of the molecule is Nc1ccc(C=CCBr)cc1C(F)(F)F. The Hall–Kier alpha value is -0.970. The summed E-state index contributed by atoms with van der Waals surface area (Å²) in [6.45, 7) is 0. The Balaban J connectivity index is 3.11. The van der Waals surface area contributed by atoms with E-state index in [1.54, 1.807) is 18.2 Å². The number of nitrogen functional groups attached to an aromatic ring is 1. The van der Waals surface area contributed by atoms with Crippen LogP contribution in [-0.4, -0.2) is 5.33 Å². The average molecular weight is 280 g/mol. The minimum absolute atomic E-state index is 0.251. The molecule has 0 unspecified atom stereocenters. The van der Waals surface area contributed by atoms with Gasteiger partial charge >= 0.3 is 6.18 Å². The maximum Gasteiger partial charge on any atom is 0.418 e. The molecule has 0 fully saturated rings. The Morgan fingerprint density at radius 1 is 1.33 bits per heavy atom. The van der Waals surface area contributed by atoms with E-state index in [-0.39, 0.29) is 5.69 Å². The van der Waals surface area contributed by atoms with Gasteiger partial charge in [0, 0.05) is 11.0 Å². The third kappa shape index (κ3) is 3.27. The summed E-state index contributed by atoms with van der Waals surface area (Å²) in [5, 5.41) is 0.596. The second-order valence-electron chi connectivity index (χ2n) is 2.90. The molecule has 0 aliphatic carbocycles. The molecule has 82 valence electrons. The maximum atomic E-state index is 12.4. The van der Waals surface area contributed by atoms with Gasteiger partial charge in [0.1, 0.15) is 0 Å². The minimum Gasteiger partial charge on any atom is -0.398 e. The Morgan fingerprint density at radius 2 is 2.00 bits per heavy atom. The molecule has 0 spiro atoms. The monoisotopic (exact) mass is 279 g/mol. The van der Waals surface area contributed by atoms with Gasteiger partial charge < -0.3 is 5.73 Å². The van der Waals surface area contributed by atoms with Crippen LogP contribution >= 0.6 is 15.9 Å². The Kier molecular flexibility index (Phi) is 3.79. The highest BCUT2D eigenvalue weighted by molar-refractivity contribution is 9.09. The molecule has 0 saturated carbocycles. The number of anilines is 1. The molecule has 1 aromatic carbocycles. The zero-order chi connectivity index (χ0) is 11.5. The molecule has 1 rings (SSSR count). The van der Waals surface area contributed by atoms with Crippen LogP contribution in [0.5, 0.6) is 0 Å². The van der Waals surface area contributed by atoms with Crippen LogP contribution < -0.4 is 5.73 Å². The minimum atomic E-state index is -4.40. The van der Waals surface area contributed by atoms with Gasteiger partial charge in [-0.25, -0.2) is 0 Å². The van der Waals surface area contributed by atoms with Crippen molar-refractivity contribution in [1.82, 2.24) is 0 Å². The zero-order valence-electron chi connectivity index (χ0n) is 7.68. The lowest BCUT2D eigenvalue weighted by molar-refractivity contribution is -0.136. The summed E-state index contributed by atoms with van der Waals surface area (Å²) in [5.74, 6) is 0. The number of allylic oxidation sites excluding steroid dienone is 1. The summed E-state index contributed by atoms with van der Waals surface area (Å²) in [4.78, 5) is 0. The van der Waals surface area contributed by atoms with Crippen molar-refractivity contribution in [3.05, 3.63) is 35.4 Å². The summed E-state index contributed by atoms with van der Waals surface area (Å²) in [6, 6.07) is 3.84. The summed E-state index contributed by atoms with van der Waals surface area (Å²) in [6.07, 6.45) is -1.09. The number of hydrogen-bond donors (Lipinski definition) is 1. The fourth-order valence-corrected chi connectivity index (χ4v) is 1.29. The first-order valence-electron chi connectivity index (χ1n) is 4.14. The zero-order valence-corrected chi connectivity index (χ0v) is 9.27. The smallest absolute Gasteiger partial charge is 0.398 e. The van der Waals surface area contributed by atoms with E-state index in [1.165, 1.54) is 6.07 Å². The summed E-state index contributed by atoms with van der Waals surface area (Å²) in [7, 11) is 0. The Morgan fingerprint density at radius 3 is 2.53 bits per heavy atom. The number of hydrogen-bond acceptors (Lipinski definition) is 1. The normalized spacial score (nSPS) is 12.3. The molecule has 0 saturated heterocycles. The highest BCUT2D eigenvalue weighted by Gasteiger charge is 2.32. The number of halogens is 4. The van der Waals surface area contributed by atoms with Crippen molar-refractivity contribution in [2.45, 2.75) is 6.18 Å². The standard InChI is InChI=1S/C10H9BrF3N/c11-5-1-2-7-3-4-9(15)8(6-7)10(12,13)14/h1-4,6H,5,15H2. The van der Waals surface area contributed by atoms with E-state index < -0.39 is 11.7 Å². The van der Waals surface area contributed by atoms with Crippen LogP contribution in [-0.2, 0) is 6.18 Å². The van der Waals surface area contributed by atoms with Crippen LogP contribution in [0.3, 0.4) is 0 Å². The van der Waals surface area contributed by atoms with Gasteiger partial charge in [0.05, 0.1) is 5.56 Å². The first kappa shape index (κ1) is 12.1. The quantitative estimate of drug-likeness (QED) is 0.648. The van der Waals surface area contributed by atoms with E-state index >= 15 is 0 Å². The number of rotatable bonds is 2. The lowest BCUT2D eigenvalue weighted by Crippen LogP contribution is -2.08. The molecule has 15 heavy (non-hydrogen) atoms. The summed E-state index contributed by atoms with van der Waals surface area (Å²) in [5.41, 5.74) is 4.69. The van der Waals surface area contributed by atoms with E-state index in [0.717, 1.165) is 6.07 Å². The van der Waals surface area contributed by atoms with E-state index in [1.807, 2.05) is 0 Å². The highest BCUT2D eigenvalue weighted by Crippen LogP contribution is 2.34. The van der Waals surface area contributed by atoms with Crippen LogP contribution in [0, 0.1) is 0 Å². The topological polar surface area (TPSA) is 26.0 Å². The third-order valence-electron chi connectivity index (χ3n) is 1.78. The van der Waals surface area contributed by atoms with E-state index in [2.05, 4.69) is 15.9 Å². The van der Waals surface area contributed by atoms with E-state index in [4.69, 9.17) is 5.73 Å². The molecule has 1 nitrogen and oxygen atoms in total. The van der Waals surface area contributed by atoms with Crippen molar-refractivity contribution in [3.8, 4) is 0 Å². The second-order valence-corrected chi connectivity index (χ2v) is 3.55. The van der Waals surface area contributed by atoms with Crippen molar-refractivity contribution in [2.75, 3.05) is 11.1 Å². The largest absolute Gasteiger partial charge is 0.418 e. The van der Waals surface area contributed by atoms with E-state index in [0.29, 0.717) is 10.9 Å². The highest BCUT2D eigenvalue weighted by atomic mass is 79.9. The first-order valence-corrected chi connectivity index (χ1v) is 5.26. The molecule has 0 heterocycles. The van der Waals surface area contributed by atoms with Gasteiger partial charge in [-0.1, -0.05) is 34.1 Å². The van der Waals surface area contributed by atoms with Crippen molar-refractivity contribution in [1.29, 1.82) is 0 Å². The fourth-order valence-electron chi connectivity index (χ4n) is 1.10. The summed E-state index contributed by atoms with van der Waals surface area (Å²) >= 11 is 3.15. The molecule has 0 atom stereocenters. The van der Waals surface area contributed by atoms with Crippen LogP contribution in [0.2, 0.25) is 0 Å². The van der Waals surface area contributed by atoms with Crippen LogP contribution in [0.4, 0.5) is 18.9 Å². The molecule has 2 N–H and O–H groups in total.